The second-order valence-electron chi connectivity index (χ2n) is 5.04. The smallest absolute Gasteiger partial charge is 0.318 e. The average Bonchev–Trinajstić information content (AvgIpc) is 2.41. The summed E-state index contributed by atoms with van der Waals surface area (Å²) in [6, 6.07) is 3.66. The second kappa shape index (κ2) is 4.62. The minimum atomic E-state index is -0.0740. The number of H-pyrrole nitrogens is 1. The summed E-state index contributed by atoms with van der Waals surface area (Å²) in [6.45, 7) is 3.76. The fourth-order valence-corrected chi connectivity index (χ4v) is 2.38. The highest BCUT2D eigenvalue weighted by atomic mass is 16.1. The highest BCUT2D eigenvalue weighted by molar-refractivity contribution is 5.71. The lowest BCUT2D eigenvalue weighted by Crippen LogP contribution is -2.46. The summed E-state index contributed by atoms with van der Waals surface area (Å²) in [5.74, 6) is 0.674. The predicted molar refractivity (Wildman–Crippen MR) is 73.2 cm³/mol. The van der Waals surface area contributed by atoms with Crippen LogP contribution in [0, 0.1) is 0 Å². The summed E-state index contributed by atoms with van der Waals surface area (Å²) in [4.78, 5) is 24.0. The van der Waals surface area contributed by atoms with Crippen LogP contribution in [0.5, 0.6) is 0 Å². The molecular weight excluding hydrogens is 242 g/mol. The van der Waals surface area contributed by atoms with Crippen LogP contribution in [-0.2, 0) is 7.05 Å². The van der Waals surface area contributed by atoms with Gasteiger partial charge in [0.1, 0.15) is 5.39 Å². The molecule has 0 bridgehead atoms. The van der Waals surface area contributed by atoms with E-state index in [4.69, 9.17) is 0 Å². The van der Waals surface area contributed by atoms with E-state index in [0.29, 0.717) is 11.3 Å². The average molecular weight is 260 g/mol. The largest absolute Gasteiger partial charge is 0.340 e. The number of aromatic nitrogens is 3. The SMILES string of the molecule is CN1CCN(c2nc3c(ccc[n+]3C)c(=O)[nH]2)CC1. The van der Waals surface area contributed by atoms with E-state index in [0.717, 1.165) is 31.8 Å². The lowest BCUT2D eigenvalue weighted by Gasteiger charge is -2.30. The number of nitrogens with one attached hydrogen (secondary N) is 1. The van der Waals surface area contributed by atoms with E-state index in [1.54, 1.807) is 6.07 Å². The van der Waals surface area contributed by atoms with Crippen LogP contribution in [0.1, 0.15) is 0 Å². The highest BCUT2D eigenvalue weighted by Crippen LogP contribution is 2.10. The van der Waals surface area contributed by atoms with Crippen LogP contribution < -0.4 is 15.0 Å². The molecular formula is C13H18N5O+. The van der Waals surface area contributed by atoms with Gasteiger partial charge in [0.2, 0.25) is 0 Å². The van der Waals surface area contributed by atoms with Crippen molar-refractivity contribution in [3.8, 4) is 0 Å². The van der Waals surface area contributed by atoms with Crippen LogP contribution in [0.3, 0.4) is 0 Å². The maximum Gasteiger partial charge on any atom is 0.340 e. The van der Waals surface area contributed by atoms with Crippen molar-refractivity contribution in [1.29, 1.82) is 0 Å². The molecule has 0 amide bonds. The lowest BCUT2D eigenvalue weighted by atomic mass is 10.3. The van der Waals surface area contributed by atoms with Gasteiger partial charge >= 0.3 is 11.6 Å². The summed E-state index contributed by atoms with van der Waals surface area (Å²) in [5.41, 5.74) is 0.648. The van der Waals surface area contributed by atoms with E-state index in [1.165, 1.54) is 0 Å². The number of pyridine rings is 1. The Morgan fingerprint density at radius 2 is 2.05 bits per heavy atom. The van der Waals surface area contributed by atoms with Crippen LogP contribution >= 0.6 is 0 Å². The number of hydrogen-bond acceptors (Lipinski definition) is 4. The Bertz CT molecular complexity index is 658. The molecule has 2 aromatic heterocycles. The topological polar surface area (TPSA) is 56.1 Å². The van der Waals surface area contributed by atoms with Crippen LogP contribution in [0.15, 0.2) is 23.1 Å². The van der Waals surface area contributed by atoms with Gasteiger partial charge in [0, 0.05) is 26.2 Å². The Kier molecular flexibility index (Phi) is 2.94. The van der Waals surface area contributed by atoms with Gasteiger partial charge in [-0.25, -0.2) is 4.57 Å². The first-order valence-corrected chi connectivity index (χ1v) is 6.47. The Hall–Kier alpha value is -1.95. The molecule has 100 valence electrons. The summed E-state index contributed by atoms with van der Waals surface area (Å²) in [7, 11) is 4.01. The van der Waals surface area contributed by atoms with Crippen molar-refractivity contribution in [2.24, 2.45) is 7.05 Å². The van der Waals surface area contributed by atoms with Gasteiger partial charge in [-0.2, -0.15) is 0 Å². The summed E-state index contributed by atoms with van der Waals surface area (Å²) >= 11 is 0. The van der Waals surface area contributed by atoms with E-state index in [1.807, 2.05) is 23.9 Å². The number of piperazine rings is 1. The number of nitrogens with zero attached hydrogens (tertiary/aromatic N) is 4. The van der Waals surface area contributed by atoms with Gasteiger partial charge in [-0.05, 0) is 24.2 Å². The van der Waals surface area contributed by atoms with E-state index in [2.05, 4.69) is 26.8 Å². The molecule has 3 rings (SSSR count). The van der Waals surface area contributed by atoms with Gasteiger partial charge in [-0.3, -0.25) is 9.78 Å². The monoisotopic (exact) mass is 260 g/mol. The van der Waals surface area contributed by atoms with Gasteiger partial charge < -0.3 is 9.80 Å². The van der Waals surface area contributed by atoms with Gasteiger partial charge in [0.15, 0.2) is 0 Å². The van der Waals surface area contributed by atoms with Crippen molar-refractivity contribution in [3.05, 3.63) is 28.7 Å². The second-order valence-corrected chi connectivity index (χ2v) is 5.04. The van der Waals surface area contributed by atoms with Crippen molar-refractivity contribution < 1.29 is 4.57 Å². The molecule has 0 spiro atoms. The third-order valence-electron chi connectivity index (χ3n) is 3.63. The first-order valence-electron chi connectivity index (χ1n) is 6.47. The number of likely N-dealkylation sites (N-methyl/N-ethyl adjacent to an activating group) is 1. The molecule has 1 saturated heterocycles. The molecule has 0 atom stereocenters. The van der Waals surface area contributed by atoms with Gasteiger partial charge in [-0.1, -0.05) is 0 Å². The van der Waals surface area contributed by atoms with Gasteiger partial charge in [-0.15, -0.1) is 0 Å². The van der Waals surface area contributed by atoms with Crippen molar-refractivity contribution in [2.75, 3.05) is 38.1 Å². The summed E-state index contributed by atoms with van der Waals surface area (Å²) in [6.07, 6.45) is 1.91. The molecule has 0 radical (unpaired) electrons. The first-order chi connectivity index (χ1) is 9.15. The quantitative estimate of drug-likeness (QED) is 0.702. The third-order valence-corrected chi connectivity index (χ3v) is 3.63. The Morgan fingerprint density at radius 1 is 1.32 bits per heavy atom. The number of rotatable bonds is 1. The van der Waals surface area contributed by atoms with E-state index in [-0.39, 0.29) is 5.56 Å². The first kappa shape index (κ1) is 12.1. The van der Waals surface area contributed by atoms with Crippen molar-refractivity contribution in [1.82, 2.24) is 14.9 Å². The van der Waals surface area contributed by atoms with E-state index >= 15 is 0 Å². The maximum atomic E-state index is 12.1. The molecule has 2 aromatic rings. The number of fused-ring (bicyclic) bond motifs is 1. The zero-order chi connectivity index (χ0) is 13.4. The number of hydrogen-bond donors (Lipinski definition) is 1. The summed E-state index contributed by atoms with van der Waals surface area (Å²) < 4.78 is 1.88. The van der Waals surface area contributed by atoms with Gasteiger partial charge in [0.25, 0.3) is 5.56 Å². The maximum absolute atomic E-state index is 12.1. The minimum absolute atomic E-state index is 0.0740. The Labute approximate surface area is 111 Å². The molecule has 6 nitrogen and oxygen atoms in total. The highest BCUT2D eigenvalue weighted by Gasteiger charge is 2.22. The predicted octanol–water partition coefficient (Wildman–Crippen LogP) is -0.501. The molecule has 1 N–H and O–H groups in total. The molecule has 0 aromatic carbocycles. The molecule has 1 fully saturated rings. The number of anilines is 1. The van der Waals surface area contributed by atoms with Crippen molar-refractivity contribution in [3.63, 3.8) is 0 Å². The zero-order valence-corrected chi connectivity index (χ0v) is 11.3. The van der Waals surface area contributed by atoms with Crippen molar-refractivity contribution in [2.45, 2.75) is 0 Å². The Balaban J connectivity index is 2.06. The molecule has 0 saturated carbocycles. The van der Waals surface area contributed by atoms with E-state index < -0.39 is 0 Å². The van der Waals surface area contributed by atoms with Crippen LogP contribution in [0.4, 0.5) is 5.95 Å². The zero-order valence-electron chi connectivity index (χ0n) is 11.3. The molecule has 0 unspecified atom stereocenters. The Morgan fingerprint density at radius 3 is 2.79 bits per heavy atom. The molecule has 1 aliphatic rings. The molecule has 6 heteroatoms. The number of aryl methyl sites for hydroxylation is 1. The van der Waals surface area contributed by atoms with Crippen molar-refractivity contribution >= 4 is 17.0 Å². The van der Waals surface area contributed by atoms with E-state index in [9.17, 15) is 4.79 Å². The standard InChI is InChI=1S/C13H17N5O/c1-16-6-8-18(9-7-16)13-14-11-10(12(19)15-13)4-3-5-17(11)2/h3-5H,6-9H2,1-2H3/p+1. The fourth-order valence-electron chi connectivity index (χ4n) is 2.38. The molecule has 3 heterocycles. The van der Waals surface area contributed by atoms with Crippen LogP contribution in [-0.4, -0.2) is 48.1 Å². The van der Waals surface area contributed by atoms with Crippen LogP contribution in [0.2, 0.25) is 0 Å². The molecule has 1 aliphatic heterocycles. The minimum Gasteiger partial charge on any atom is -0.318 e. The number of aromatic amines is 1. The normalized spacial score (nSPS) is 17.1. The lowest BCUT2D eigenvalue weighted by molar-refractivity contribution is -0.646. The summed E-state index contributed by atoms with van der Waals surface area (Å²) in [5, 5.41) is 0.628. The molecule has 19 heavy (non-hydrogen) atoms. The van der Waals surface area contributed by atoms with Crippen LogP contribution in [0.25, 0.3) is 11.0 Å². The fraction of sp³-hybridized carbons (Fsp3) is 0.462. The third kappa shape index (κ3) is 2.19. The molecule has 0 aliphatic carbocycles. The van der Waals surface area contributed by atoms with Gasteiger partial charge in [0.05, 0.1) is 13.2 Å².